The molecule has 0 spiro atoms. The van der Waals surface area contributed by atoms with Gasteiger partial charge in [-0.2, -0.15) is 0 Å². The molecule has 0 saturated carbocycles. The summed E-state index contributed by atoms with van der Waals surface area (Å²) in [5.74, 6) is 0.185. The van der Waals surface area contributed by atoms with Crippen molar-refractivity contribution in [3.8, 4) is 0 Å². The normalized spacial score (nSPS) is 12.8. The molecule has 0 fully saturated rings. The van der Waals surface area contributed by atoms with Crippen LogP contribution in [-0.2, 0) is 0 Å². The molecule has 1 heterocycles. The van der Waals surface area contributed by atoms with Crippen LogP contribution < -0.4 is 0 Å². The summed E-state index contributed by atoms with van der Waals surface area (Å²) in [6, 6.07) is 3.69. The van der Waals surface area contributed by atoms with Crippen molar-refractivity contribution in [2.45, 2.75) is 13.0 Å². The number of carbonyl (C=O) groups excluding carboxylic acids is 1. The molecule has 0 aliphatic rings. The first-order chi connectivity index (χ1) is 6.66. The Labute approximate surface area is 88.9 Å². The van der Waals surface area contributed by atoms with Crippen molar-refractivity contribution in [2.75, 3.05) is 13.6 Å². The fourth-order valence-electron chi connectivity index (χ4n) is 1.19. The highest BCUT2D eigenvalue weighted by atomic mass is 32.1. The van der Waals surface area contributed by atoms with Gasteiger partial charge in [0.15, 0.2) is 5.78 Å². The van der Waals surface area contributed by atoms with Crippen LogP contribution in [-0.4, -0.2) is 30.3 Å². The van der Waals surface area contributed by atoms with Gasteiger partial charge in [-0.15, -0.1) is 17.9 Å². The summed E-state index contributed by atoms with van der Waals surface area (Å²) in [5, 5.41) is 1.92. The van der Waals surface area contributed by atoms with Gasteiger partial charge in [-0.25, -0.2) is 0 Å². The fourth-order valence-corrected chi connectivity index (χ4v) is 1.93. The van der Waals surface area contributed by atoms with E-state index in [1.807, 2.05) is 36.4 Å². The van der Waals surface area contributed by atoms with E-state index in [9.17, 15) is 4.79 Å². The summed E-state index contributed by atoms with van der Waals surface area (Å²) in [7, 11) is 1.93. The molecule has 0 aromatic carbocycles. The van der Waals surface area contributed by atoms with E-state index in [2.05, 4.69) is 6.58 Å². The summed E-state index contributed by atoms with van der Waals surface area (Å²) in [4.78, 5) is 14.7. The smallest absolute Gasteiger partial charge is 0.189 e. The number of Topliss-reactive ketones (excluding diaryl/α,β-unsaturated/α-hetero) is 1. The van der Waals surface area contributed by atoms with E-state index in [-0.39, 0.29) is 11.8 Å². The minimum absolute atomic E-state index is 0.0772. The monoisotopic (exact) mass is 209 g/mol. The van der Waals surface area contributed by atoms with E-state index in [1.165, 1.54) is 11.3 Å². The maximum absolute atomic E-state index is 11.9. The minimum atomic E-state index is -0.0772. The third-order valence-electron chi connectivity index (χ3n) is 2.22. The molecule has 0 N–H and O–H groups in total. The van der Waals surface area contributed by atoms with Crippen LogP contribution in [0.25, 0.3) is 0 Å². The molecule has 2 nitrogen and oxygen atoms in total. The molecule has 0 bridgehead atoms. The number of nitrogens with zero attached hydrogens (tertiary/aromatic N) is 1. The number of rotatable bonds is 5. The lowest BCUT2D eigenvalue weighted by Gasteiger charge is -2.21. The quantitative estimate of drug-likeness (QED) is 0.548. The lowest BCUT2D eigenvalue weighted by molar-refractivity contribution is 0.0883. The van der Waals surface area contributed by atoms with Gasteiger partial charge in [0.05, 0.1) is 10.9 Å². The maximum atomic E-state index is 11.9. The van der Waals surface area contributed by atoms with Gasteiger partial charge in [0.1, 0.15) is 0 Å². The van der Waals surface area contributed by atoms with E-state index < -0.39 is 0 Å². The molecule has 0 amide bonds. The summed E-state index contributed by atoms with van der Waals surface area (Å²) in [5.41, 5.74) is 0. The average Bonchev–Trinajstić information content (AvgIpc) is 2.68. The lowest BCUT2D eigenvalue weighted by atomic mass is 10.1. The largest absolute Gasteiger partial charge is 0.293 e. The Hall–Kier alpha value is -0.930. The second-order valence-corrected chi connectivity index (χ2v) is 4.19. The number of likely N-dealkylation sites (N-methyl/N-ethyl adjacent to an activating group) is 1. The predicted octanol–water partition coefficient (Wildman–Crippen LogP) is 2.44. The number of hydrogen-bond acceptors (Lipinski definition) is 3. The molecule has 0 radical (unpaired) electrons. The molecule has 0 aliphatic heterocycles. The van der Waals surface area contributed by atoms with Crippen LogP contribution >= 0.6 is 11.3 Å². The predicted molar refractivity (Wildman–Crippen MR) is 60.9 cm³/mol. The maximum Gasteiger partial charge on any atom is 0.189 e. The zero-order chi connectivity index (χ0) is 10.6. The van der Waals surface area contributed by atoms with Gasteiger partial charge in [0, 0.05) is 6.54 Å². The minimum Gasteiger partial charge on any atom is -0.293 e. The Morgan fingerprint density at radius 2 is 2.50 bits per heavy atom. The Morgan fingerprint density at radius 1 is 1.79 bits per heavy atom. The van der Waals surface area contributed by atoms with Gasteiger partial charge in [-0.05, 0) is 25.4 Å². The van der Waals surface area contributed by atoms with Crippen LogP contribution in [0.1, 0.15) is 16.6 Å². The molecule has 1 aromatic heterocycles. The van der Waals surface area contributed by atoms with Gasteiger partial charge >= 0.3 is 0 Å². The van der Waals surface area contributed by atoms with Gasteiger partial charge in [0.25, 0.3) is 0 Å². The summed E-state index contributed by atoms with van der Waals surface area (Å²) < 4.78 is 0. The van der Waals surface area contributed by atoms with E-state index in [0.29, 0.717) is 0 Å². The third kappa shape index (κ3) is 2.53. The molecular formula is C11H15NOS. The molecular weight excluding hydrogens is 194 g/mol. The van der Waals surface area contributed by atoms with Crippen molar-refractivity contribution >= 4 is 17.1 Å². The first-order valence-electron chi connectivity index (χ1n) is 4.55. The van der Waals surface area contributed by atoms with Crippen molar-refractivity contribution < 1.29 is 4.79 Å². The van der Waals surface area contributed by atoms with Crippen LogP contribution in [0.4, 0.5) is 0 Å². The van der Waals surface area contributed by atoms with E-state index >= 15 is 0 Å². The summed E-state index contributed by atoms with van der Waals surface area (Å²) in [6.07, 6.45) is 1.80. The topological polar surface area (TPSA) is 20.3 Å². The van der Waals surface area contributed by atoms with Gasteiger partial charge in [0.2, 0.25) is 0 Å². The highest BCUT2D eigenvalue weighted by Gasteiger charge is 2.18. The highest BCUT2D eigenvalue weighted by molar-refractivity contribution is 7.12. The Bertz CT molecular complexity index is 305. The van der Waals surface area contributed by atoms with Crippen molar-refractivity contribution in [3.63, 3.8) is 0 Å². The van der Waals surface area contributed by atoms with Gasteiger partial charge in [-0.1, -0.05) is 12.1 Å². The zero-order valence-corrected chi connectivity index (χ0v) is 9.38. The molecule has 0 aliphatic carbocycles. The number of ketones is 1. The summed E-state index contributed by atoms with van der Waals surface area (Å²) in [6.45, 7) is 6.31. The van der Waals surface area contributed by atoms with Crippen LogP contribution in [0.5, 0.6) is 0 Å². The number of hydrogen-bond donors (Lipinski definition) is 0. The van der Waals surface area contributed by atoms with Crippen molar-refractivity contribution in [1.82, 2.24) is 4.90 Å². The molecule has 0 saturated heterocycles. The molecule has 76 valence electrons. The second-order valence-electron chi connectivity index (χ2n) is 3.25. The van der Waals surface area contributed by atoms with Crippen molar-refractivity contribution in [2.24, 2.45) is 0 Å². The van der Waals surface area contributed by atoms with E-state index in [4.69, 9.17) is 0 Å². The number of thiophene rings is 1. The molecule has 1 atom stereocenters. The van der Waals surface area contributed by atoms with Crippen LogP contribution in [0.3, 0.4) is 0 Å². The average molecular weight is 209 g/mol. The van der Waals surface area contributed by atoms with Gasteiger partial charge < -0.3 is 0 Å². The van der Waals surface area contributed by atoms with Crippen LogP contribution in [0, 0.1) is 0 Å². The fraction of sp³-hybridized carbons (Fsp3) is 0.364. The molecule has 1 aromatic rings. The van der Waals surface area contributed by atoms with Crippen LogP contribution in [0.15, 0.2) is 30.2 Å². The third-order valence-corrected chi connectivity index (χ3v) is 3.11. The SMILES string of the molecule is C=CCN(C)C(C)C(=O)c1cccs1. The summed E-state index contributed by atoms with van der Waals surface area (Å²) >= 11 is 1.49. The van der Waals surface area contributed by atoms with Crippen molar-refractivity contribution in [3.05, 3.63) is 35.0 Å². The standard InChI is InChI=1S/C11H15NOS/c1-4-7-12(3)9(2)11(13)10-6-5-8-14-10/h4-6,8-9H,1,7H2,2-3H3. The second kappa shape index (κ2) is 5.08. The molecule has 1 rings (SSSR count). The highest BCUT2D eigenvalue weighted by Crippen LogP contribution is 2.13. The van der Waals surface area contributed by atoms with Crippen molar-refractivity contribution in [1.29, 1.82) is 0 Å². The van der Waals surface area contributed by atoms with Gasteiger partial charge in [-0.3, -0.25) is 9.69 Å². The van der Waals surface area contributed by atoms with E-state index in [0.717, 1.165) is 11.4 Å². The van der Waals surface area contributed by atoms with E-state index in [1.54, 1.807) is 6.08 Å². The Balaban J connectivity index is 2.65. The number of carbonyl (C=O) groups is 1. The Morgan fingerprint density at radius 3 is 3.00 bits per heavy atom. The molecule has 14 heavy (non-hydrogen) atoms. The lowest BCUT2D eigenvalue weighted by Crippen LogP contribution is -2.35. The van der Waals surface area contributed by atoms with Crippen LogP contribution in [0.2, 0.25) is 0 Å². The Kier molecular flexibility index (Phi) is 4.04. The first kappa shape index (κ1) is 11.1. The molecule has 1 unspecified atom stereocenters. The first-order valence-corrected chi connectivity index (χ1v) is 5.43. The molecule has 3 heteroatoms. The zero-order valence-electron chi connectivity index (χ0n) is 8.56.